The standard InChI is InChI=1S/C25H36N2/c1-18-12-10-11-15-21(18)26-19(2)22-16-17-25(6,20-13-8-7-9-14-20)27(22)23(26)24(3,4)5/h10-12,15-17,20,23H,7-9,13-14H2,1-6H3. The molecule has 1 aromatic carbocycles. The van der Waals surface area contributed by atoms with Gasteiger partial charge in [-0.1, -0.05) is 64.3 Å². The first kappa shape index (κ1) is 18.7. The molecule has 1 aromatic rings. The van der Waals surface area contributed by atoms with Gasteiger partial charge >= 0.3 is 0 Å². The molecular weight excluding hydrogens is 328 g/mol. The van der Waals surface area contributed by atoms with Gasteiger partial charge in [0.05, 0.1) is 11.2 Å². The van der Waals surface area contributed by atoms with E-state index in [2.05, 4.69) is 87.8 Å². The number of para-hydroxylation sites is 1. The molecule has 4 rings (SSSR count). The van der Waals surface area contributed by atoms with E-state index in [0.717, 1.165) is 5.92 Å². The van der Waals surface area contributed by atoms with Gasteiger partial charge in [-0.15, -0.1) is 0 Å². The Bertz CT molecular complexity index is 776. The second kappa shape index (κ2) is 6.43. The van der Waals surface area contributed by atoms with Gasteiger partial charge in [0.25, 0.3) is 0 Å². The minimum Gasteiger partial charge on any atom is -0.340 e. The fourth-order valence-electron chi connectivity index (χ4n) is 5.72. The molecule has 1 saturated carbocycles. The summed E-state index contributed by atoms with van der Waals surface area (Å²) in [5.41, 5.74) is 5.83. The van der Waals surface area contributed by atoms with Crippen LogP contribution in [-0.4, -0.2) is 16.6 Å². The van der Waals surface area contributed by atoms with Crippen LogP contribution in [0.2, 0.25) is 0 Å². The molecule has 2 atom stereocenters. The summed E-state index contributed by atoms with van der Waals surface area (Å²) in [5.74, 6) is 0.759. The predicted octanol–water partition coefficient (Wildman–Crippen LogP) is 6.63. The first-order valence-corrected chi connectivity index (χ1v) is 10.8. The number of benzene rings is 1. The Kier molecular flexibility index (Phi) is 4.44. The number of hydrogen-bond donors (Lipinski definition) is 0. The average molecular weight is 365 g/mol. The average Bonchev–Trinajstić information content (AvgIpc) is 3.13. The van der Waals surface area contributed by atoms with Crippen molar-refractivity contribution in [2.75, 3.05) is 4.90 Å². The Morgan fingerprint density at radius 1 is 1.00 bits per heavy atom. The summed E-state index contributed by atoms with van der Waals surface area (Å²) >= 11 is 0. The number of fused-ring (bicyclic) bond motifs is 1. The van der Waals surface area contributed by atoms with Crippen molar-refractivity contribution in [2.24, 2.45) is 11.3 Å². The van der Waals surface area contributed by atoms with Crippen LogP contribution < -0.4 is 4.90 Å². The third kappa shape index (κ3) is 2.83. The van der Waals surface area contributed by atoms with E-state index in [1.807, 2.05) is 0 Å². The van der Waals surface area contributed by atoms with E-state index in [-0.39, 0.29) is 11.0 Å². The van der Waals surface area contributed by atoms with Gasteiger partial charge in [-0.2, -0.15) is 0 Å². The molecule has 0 radical (unpaired) electrons. The Morgan fingerprint density at radius 3 is 2.30 bits per heavy atom. The minimum atomic E-state index is 0.131. The summed E-state index contributed by atoms with van der Waals surface area (Å²) in [6, 6.07) is 8.87. The monoisotopic (exact) mass is 364 g/mol. The van der Waals surface area contributed by atoms with Gasteiger partial charge in [-0.3, -0.25) is 0 Å². The molecule has 0 bridgehead atoms. The maximum absolute atomic E-state index is 2.78. The van der Waals surface area contributed by atoms with E-state index in [4.69, 9.17) is 0 Å². The Morgan fingerprint density at radius 2 is 1.67 bits per heavy atom. The number of hydrogen-bond acceptors (Lipinski definition) is 2. The van der Waals surface area contributed by atoms with Gasteiger partial charge < -0.3 is 9.80 Å². The zero-order valence-corrected chi connectivity index (χ0v) is 18.0. The highest BCUT2D eigenvalue weighted by Crippen LogP contribution is 2.53. The van der Waals surface area contributed by atoms with Gasteiger partial charge in [0.2, 0.25) is 0 Å². The van der Waals surface area contributed by atoms with Crippen molar-refractivity contribution in [1.29, 1.82) is 0 Å². The Hall–Kier alpha value is -1.70. The molecule has 2 heteroatoms. The molecule has 0 amide bonds. The zero-order chi connectivity index (χ0) is 19.4. The largest absolute Gasteiger partial charge is 0.340 e. The number of nitrogens with zero attached hydrogens (tertiary/aromatic N) is 2. The highest BCUT2D eigenvalue weighted by atomic mass is 15.5. The molecule has 0 saturated heterocycles. The summed E-state index contributed by atoms with van der Waals surface area (Å²) in [6.07, 6.45) is 12.2. The van der Waals surface area contributed by atoms with Gasteiger partial charge in [-0.05, 0) is 57.2 Å². The van der Waals surface area contributed by atoms with Crippen LogP contribution in [-0.2, 0) is 0 Å². The molecule has 0 spiro atoms. The summed E-state index contributed by atoms with van der Waals surface area (Å²) in [7, 11) is 0. The lowest BCUT2D eigenvalue weighted by Gasteiger charge is -2.51. The van der Waals surface area contributed by atoms with E-state index < -0.39 is 0 Å². The fraction of sp³-hybridized carbons (Fsp3) is 0.600. The summed E-state index contributed by atoms with van der Waals surface area (Å²) < 4.78 is 0. The molecule has 2 unspecified atom stereocenters. The SMILES string of the molecule is CC1=C2C=CC(C)(C3CCCCC3)N2C(C(C)(C)C)N1c1ccccc1C. The smallest absolute Gasteiger partial charge is 0.112 e. The van der Waals surface area contributed by atoms with Crippen molar-refractivity contribution < 1.29 is 0 Å². The molecule has 2 heterocycles. The number of anilines is 1. The van der Waals surface area contributed by atoms with Crippen LogP contribution in [0.25, 0.3) is 0 Å². The number of aryl methyl sites for hydroxylation is 1. The molecule has 1 fully saturated rings. The molecule has 2 nitrogen and oxygen atoms in total. The summed E-state index contributed by atoms with van der Waals surface area (Å²) in [5, 5.41) is 0. The van der Waals surface area contributed by atoms with E-state index in [0.29, 0.717) is 6.17 Å². The van der Waals surface area contributed by atoms with Crippen LogP contribution in [0, 0.1) is 18.3 Å². The second-order valence-corrected chi connectivity index (χ2v) is 10.1. The van der Waals surface area contributed by atoms with Crippen LogP contribution in [0.15, 0.2) is 47.8 Å². The lowest BCUT2D eigenvalue weighted by molar-refractivity contribution is 0.0418. The number of rotatable bonds is 2. The highest BCUT2D eigenvalue weighted by molar-refractivity contribution is 5.63. The maximum Gasteiger partial charge on any atom is 0.112 e. The lowest BCUT2D eigenvalue weighted by atomic mass is 9.74. The molecule has 1 aliphatic carbocycles. The third-order valence-electron chi connectivity index (χ3n) is 7.16. The highest BCUT2D eigenvalue weighted by Gasteiger charge is 2.54. The van der Waals surface area contributed by atoms with Gasteiger partial charge in [0.15, 0.2) is 0 Å². The fourth-order valence-corrected chi connectivity index (χ4v) is 5.72. The summed E-state index contributed by atoms with van der Waals surface area (Å²) in [6.45, 7) is 14.3. The summed E-state index contributed by atoms with van der Waals surface area (Å²) in [4.78, 5) is 5.40. The lowest BCUT2D eigenvalue weighted by Crippen LogP contribution is -2.58. The van der Waals surface area contributed by atoms with Crippen LogP contribution in [0.1, 0.15) is 72.3 Å². The van der Waals surface area contributed by atoms with E-state index in [1.54, 1.807) is 0 Å². The topological polar surface area (TPSA) is 6.48 Å². The zero-order valence-electron chi connectivity index (χ0n) is 18.0. The second-order valence-electron chi connectivity index (χ2n) is 10.1. The van der Waals surface area contributed by atoms with Crippen molar-refractivity contribution in [3.05, 3.63) is 53.4 Å². The first-order valence-electron chi connectivity index (χ1n) is 10.8. The van der Waals surface area contributed by atoms with Crippen molar-refractivity contribution >= 4 is 5.69 Å². The van der Waals surface area contributed by atoms with Gasteiger partial charge in [-0.25, -0.2) is 0 Å². The predicted molar refractivity (Wildman–Crippen MR) is 116 cm³/mol. The molecule has 2 aliphatic heterocycles. The molecule has 0 N–H and O–H groups in total. The molecule has 27 heavy (non-hydrogen) atoms. The molecule has 0 aromatic heterocycles. The Balaban J connectivity index is 1.82. The Labute approximate surface area is 165 Å². The van der Waals surface area contributed by atoms with Crippen molar-refractivity contribution in [3.63, 3.8) is 0 Å². The molecular formula is C25H36N2. The molecule has 146 valence electrons. The van der Waals surface area contributed by atoms with E-state index in [9.17, 15) is 0 Å². The van der Waals surface area contributed by atoms with Crippen molar-refractivity contribution in [2.45, 2.75) is 85.4 Å². The number of allylic oxidation sites excluding steroid dienone is 2. The van der Waals surface area contributed by atoms with Gasteiger partial charge in [0.1, 0.15) is 6.17 Å². The van der Waals surface area contributed by atoms with Crippen LogP contribution in [0.4, 0.5) is 5.69 Å². The van der Waals surface area contributed by atoms with Crippen molar-refractivity contribution in [1.82, 2.24) is 4.90 Å². The normalized spacial score (nSPS) is 29.0. The van der Waals surface area contributed by atoms with Gasteiger partial charge in [0, 0.05) is 16.8 Å². The third-order valence-corrected chi connectivity index (χ3v) is 7.16. The van der Waals surface area contributed by atoms with Crippen LogP contribution >= 0.6 is 0 Å². The minimum absolute atomic E-state index is 0.131. The van der Waals surface area contributed by atoms with Crippen LogP contribution in [0.3, 0.4) is 0 Å². The van der Waals surface area contributed by atoms with E-state index in [1.165, 1.54) is 54.7 Å². The van der Waals surface area contributed by atoms with Crippen LogP contribution in [0.5, 0.6) is 0 Å². The molecule has 3 aliphatic rings. The first-order chi connectivity index (χ1) is 12.7. The quantitative estimate of drug-likeness (QED) is 0.581. The maximum atomic E-state index is 2.78. The van der Waals surface area contributed by atoms with E-state index >= 15 is 0 Å². The van der Waals surface area contributed by atoms with Crippen molar-refractivity contribution in [3.8, 4) is 0 Å².